The minimum Gasteiger partial charge on any atom is -0.466 e. The quantitative estimate of drug-likeness (QED) is 0.541. The van der Waals surface area contributed by atoms with E-state index in [4.69, 9.17) is 8.94 Å². The molecule has 0 aliphatic rings. The van der Waals surface area contributed by atoms with Crippen molar-refractivity contribution >= 4 is 11.6 Å². The lowest BCUT2D eigenvalue weighted by atomic mass is 10.1. The van der Waals surface area contributed by atoms with E-state index in [1.54, 1.807) is 62.4 Å². The fourth-order valence-electron chi connectivity index (χ4n) is 2.88. The number of furan rings is 1. The van der Waals surface area contributed by atoms with Crippen LogP contribution in [0.25, 0.3) is 22.8 Å². The molecular weight excluding hydrogens is 361 g/mol. The number of nitrogens with zero attached hydrogens (tertiary/aromatic N) is 2. The first kappa shape index (κ1) is 17.7. The minimum atomic E-state index is -0.440. The van der Waals surface area contributed by atoms with Crippen LogP contribution in [0.3, 0.4) is 0 Å². The van der Waals surface area contributed by atoms with Gasteiger partial charge in [0.25, 0.3) is 11.8 Å². The summed E-state index contributed by atoms with van der Waals surface area (Å²) in [7, 11) is 0. The average Bonchev–Trinajstić information content (AvgIpc) is 3.29. The van der Waals surface area contributed by atoms with Crippen molar-refractivity contribution in [1.29, 1.82) is 0 Å². The van der Waals surface area contributed by atoms with Crippen LogP contribution < -0.4 is 5.32 Å². The number of benzene rings is 2. The highest BCUT2D eigenvalue weighted by Crippen LogP contribution is 2.26. The van der Waals surface area contributed by atoms with Gasteiger partial charge in [-0.3, -0.25) is 4.79 Å². The molecule has 7 heteroatoms. The number of halogens is 1. The summed E-state index contributed by atoms with van der Waals surface area (Å²) in [5.41, 5.74) is 1.91. The number of rotatable bonds is 4. The van der Waals surface area contributed by atoms with Crippen molar-refractivity contribution in [2.24, 2.45) is 0 Å². The predicted molar refractivity (Wildman–Crippen MR) is 101 cm³/mol. The van der Waals surface area contributed by atoms with Crippen LogP contribution in [-0.4, -0.2) is 16.0 Å². The third-order valence-corrected chi connectivity index (χ3v) is 4.19. The second kappa shape index (κ2) is 7.11. The van der Waals surface area contributed by atoms with Crippen LogP contribution in [0, 0.1) is 19.7 Å². The standard InChI is InChI=1S/C21H16FN3O3/c1-12-10-17(13(2)27-12)20(26)23-15-7-5-6-14(11-15)19-24-21(28-25-19)16-8-3-4-9-18(16)22/h3-11H,1-2H3,(H,23,26). The van der Waals surface area contributed by atoms with E-state index in [1.807, 2.05) is 0 Å². The lowest BCUT2D eigenvalue weighted by Crippen LogP contribution is -2.12. The van der Waals surface area contributed by atoms with Gasteiger partial charge in [-0.25, -0.2) is 4.39 Å². The maximum absolute atomic E-state index is 13.9. The Morgan fingerprint density at radius 2 is 1.89 bits per heavy atom. The Kier molecular flexibility index (Phi) is 4.49. The number of carbonyl (C=O) groups excluding carboxylic acids is 1. The monoisotopic (exact) mass is 377 g/mol. The Bertz CT molecular complexity index is 1160. The van der Waals surface area contributed by atoms with Gasteiger partial charge >= 0.3 is 0 Å². The molecule has 2 heterocycles. The molecule has 0 bridgehead atoms. The third-order valence-electron chi connectivity index (χ3n) is 4.19. The Hall–Kier alpha value is -3.74. The van der Waals surface area contributed by atoms with Crippen molar-refractivity contribution < 1.29 is 18.1 Å². The maximum atomic E-state index is 13.9. The molecule has 0 saturated heterocycles. The summed E-state index contributed by atoms with van der Waals surface area (Å²) in [6.07, 6.45) is 0. The maximum Gasteiger partial charge on any atom is 0.261 e. The molecule has 4 rings (SSSR count). The van der Waals surface area contributed by atoms with Crippen LogP contribution in [0.5, 0.6) is 0 Å². The number of amides is 1. The Labute approximate surface area is 160 Å². The van der Waals surface area contributed by atoms with Gasteiger partial charge in [-0.05, 0) is 44.2 Å². The molecule has 1 amide bonds. The molecule has 1 N–H and O–H groups in total. The van der Waals surface area contributed by atoms with Gasteiger partial charge in [-0.15, -0.1) is 0 Å². The predicted octanol–water partition coefficient (Wildman–Crippen LogP) is 5.00. The summed E-state index contributed by atoms with van der Waals surface area (Å²) >= 11 is 0. The smallest absolute Gasteiger partial charge is 0.261 e. The summed E-state index contributed by atoms with van der Waals surface area (Å²) in [4.78, 5) is 16.7. The molecule has 2 aromatic heterocycles. The number of carbonyl (C=O) groups is 1. The van der Waals surface area contributed by atoms with Crippen molar-refractivity contribution in [3.05, 3.63) is 77.5 Å². The Morgan fingerprint density at radius 1 is 1.07 bits per heavy atom. The van der Waals surface area contributed by atoms with Crippen molar-refractivity contribution in [2.45, 2.75) is 13.8 Å². The van der Waals surface area contributed by atoms with Crippen LogP contribution in [0.4, 0.5) is 10.1 Å². The third kappa shape index (κ3) is 3.42. The number of hydrogen-bond acceptors (Lipinski definition) is 5. The number of hydrogen-bond donors (Lipinski definition) is 1. The highest BCUT2D eigenvalue weighted by atomic mass is 19.1. The van der Waals surface area contributed by atoms with E-state index in [1.165, 1.54) is 6.07 Å². The Morgan fingerprint density at radius 3 is 2.64 bits per heavy atom. The van der Waals surface area contributed by atoms with Gasteiger partial charge in [0.2, 0.25) is 5.82 Å². The first-order valence-electron chi connectivity index (χ1n) is 8.58. The SMILES string of the molecule is Cc1cc(C(=O)Nc2cccc(-c3noc(-c4ccccc4F)n3)c2)c(C)o1. The summed E-state index contributed by atoms with van der Waals surface area (Å²) in [5, 5.41) is 6.74. The zero-order valence-corrected chi connectivity index (χ0v) is 15.2. The number of aromatic nitrogens is 2. The van der Waals surface area contributed by atoms with E-state index in [0.29, 0.717) is 34.2 Å². The van der Waals surface area contributed by atoms with Gasteiger partial charge in [0.15, 0.2) is 0 Å². The fourth-order valence-corrected chi connectivity index (χ4v) is 2.88. The van der Waals surface area contributed by atoms with Gasteiger partial charge < -0.3 is 14.3 Å². The second-order valence-corrected chi connectivity index (χ2v) is 6.26. The molecule has 0 radical (unpaired) electrons. The van der Waals surface area contributed by atoms with Crippen molar-refractivity contribution in [3.8, 4) is 22.8 Å². The van der Waals surface area contributed by atoms with Gasteiger partial charge in [-0.2, -0.15) is 4.98 Å². The summed E-state index contributed by atoms with van der Waals surface area (Å²) in [5.74, 6) is 0.899. The molecule has 2 aromatic carbocycles. The number of nitrogens with one attached hydrogen (secondary N) is 1. The van der Waals surface area contributed by atoms with Crippen LogP contribution in [0.15, 0.2) is 63.5 Å². The van der Waals surface area contributed by atoms with Gasteiger partial charge in [0.05, 0.1) is 11.1 Å². The van der Waals surface area contributed by atoms with Crippen molar-refractivity contribution in [1.82, 2.24) is 10.1 Å². The molecule has 0 saturated carbocycles. The first-order chi connectivity index (χ1) is 13.5. The molecule has 0 fully saturated rings. The van der Waals surface area contributed by atoms with E-state index in [-0.39, 0.29) is 17.4 Å². The number of anilines is 1. The summed E-state index contributed by atoms with van der Waals surface area (Å²) in [6.45, 7) is 3.52. The van der Waals surface area contributed by atoms with Crippen molar-refractivity contribution in [3.63, 3.8) is 0 Å². The molecule has 140 valence electrons. The first-order valence-corrected chi connectivity index (χ1v) is 8.58. The van der Waals surface area contributed by atoms with Crippen molar-refractivity contribution in [2.75, 3.05) is 5.32 Å². The highest BCUT2D eigenvalue weighted by Gasteiger charge is 2.16. The largest absolute Gasteiger partial charge is 0.466 e. The molecule has 28 heavy (non-hydrogen) atoms. The molecular formula is C21H16FN3O3. The van der Waals surface area contributed by atoms with Gasteiger partial charge in [-0.1, -0.05) is 29.4 Å². The van der Waals surface area contributed by atoms with Crippen LogP contribution in [0.2, 0.25) is 0 Å². The van der Waals surface area contributed by atoms with Crippen LogP contribution in [-0.2, 0) is 0 Å². The normalized spacial score (nSPS) is 10.8. The number of aryl methyl sites for hydroxylation is 2. The Balaban J connectivity index is 1.59. The molecule has 6 nitrogen and oxygen atoms in total. The molecule has 0 aliphatic carbocycles. The average molecular weight is 377 g/mol. The van der Waals surface area contributed by atoms with E-state index in [2.05, 4.69) is 15.5 Å². The summed E-state index contributed by atoms with van der Waals surface area (Å²) < 4.78 is 24.5. The lowest BCUT2D eigenvalue weighted by Gasteiger charge is -2.05. The molecule has 0 aliphatic heterocycles. The fraction of sp³-hybridized carbons (Fsp3) is 0.0952. The lowest BCUT2D eigenvalue weighted by molar-refractivity contribution is 0.102. The minimum absolute atomic E-state index is 0.0898. The molecule has 0 unspecified atom stereocenters. The highest BCUT2D eigenvalue weighted by molar-refractivity contribution is 6.05. The van der Waals surface area contributed by atoms with Gasteiger partial charge in [0.1, 0.15) is 17.3 Å². The topological polar surface area (TPSA) is 81.2 Å². The van der Waals surface area contributed by atoms with E-state index in [0.717, 1.165) is 0 Å². The van der Waals surface area contributed by atoms with E-state index >= 15 is 0 Å². The molecule has 0 atom stereocenters. The van der Waals surface area contributed by atoms with Crippen LogP contribution in [0.1, 0.15) is 21.9 Å². The zero-order valence-electron chi connectivity index (χ0n) is 15.2. The molecule has 0 spiro atoms. The van der Waals surface area contributed by atoms with Crippen LogP contribution >= 0.6 is 0 Å². The van der Waals surface area contributed by atoms with Gasteiger partial charge in [0, 0.05) is 11.3 Å². The zero-order chi connectivity index (χ0) is 19.7. The van der Waals surface area contributed by atoms with E-state index in [9.17, 15) is 9.18 Å². The van der Waals surface area contributed by atoms with E-state index < -0.39 is 5.82 Å². The summed E-state index contributed by atoms with van der Waals surface area (Å²) in [6, 6.07) is 14.9. The molecule has 4 aromatic rings. The second-order valence-electron chi connectivity index (χ2n) is 6.26.